The number of ether oxygens (including phenoxy) is 1. The fourth-order valence-corrected chi connectivity index (χ4v) is 4.13. The lowest BCUT2D eigenvalue weighted by atomic mass is 10.0. The fraction of sp³-hybridized carbons (Fsp3) is 0.391. The van der Waals surface area contributed by atoms with Crippen molar-refractivity contribution in [3.05, 3.63) is 54.6 Å². The monoisotopic (exact) mass is 394 g/mol. The fourth-order valence-electron chi connectivity index (χ4n) is 4.13. The molecule has 2 fully saturated rings. The molecular formula is C23H26N2O4. The number of hydrogen-bond acceptors (Lipinski definition) is 4. The second kappa shape index (κ2) is 8.25. The molecule has 2 aromatic carbocycles. The molecule has 6 heteroatoms. The number of hydrogen-bond donors (Lipinski definition) is 2. The van der Waals surface area contributed by atoms with Crippen LogP contribution in [0.2, 0.25) is 0 Å². The predicted molar refractivity (Wildman–Crippen MR) is 110 cm³/mol. The average Bonchev–Trinajstić information content (AvgIpc) is 3.34. The molecule has 1 aliphatic carbocycles. The highest BCUT2D eigenvalue weighted by molar-refractivity contribution is 6.03. The van der Waals surface area contributed by atoms with Crippen molar-refractivity contribution in [2.45, 2.75) is 50.2 Å². The SMILES string of the molecule is O=C(NCC1(O)CCCC1)C1CCC(=O)N1c1ccc(Oc2ccccc2)cc1. The van der Waals surface area contributed by atoms with Crippen molar-refractivity contribution in [1.82, 2.24) is 5.32 Å². The van der Waals surface area contributed by atoms with Crippen LogP contribution in [0.25, 0.3) is 0 Å². The third kappa shape index (κ3) is 4.43. The van der Waals surface area contributed by atoms with Gasteiger partial charge < -0.3 is 15.2 Å². The van der Waals surface area contributed by atoms with Crippen LogP contribution in [0.1, 0.15) is 38.5 Å². The molecule has 0 radical (unpaired) electrons. The minimum atomic E-state index is -0.806. The molecule has 1 aliphatic heterocycles. The smallest absolute Gasteiger partial charge is 0.243 e. The molecule has 4 rings (SSSR count). The highest BCUT2D eigenvalue weighted by atomic mass is 16.5. The summed E-state index contributed by atoms with van der Waals surface area (Å²) in [5, 5.41) is 13.3. The highest BCUT2D eigenvalue weighted by Crippen LogP contribution is 2.31. The Bertz CT molecular complexity index is 860. The van der Waals surface area contributed by atoms with Gasteiger partial charge in [-0.3, -0.25) is 14.5 Å². The average molecular weight is 394 g/mol. The Balaban J connectivity index is 1.42. The zero-order chi connectivity index (χ0) is 20.3. The van der Waals surface area contributed by atoms with Crippen LogP contribution in [0.5, 0.6) is 11.5 Å². The number of carbonyl (C=O) groups is 2. The Kier molecular flexibility index (Phi) is 5.53. The molecule has 0 aromatic heterocycles. The first-order valence-electron chi connectivity index (χ1n) is 10.2. The Morgan fingerprint density at radius 2 is 1.72 bits per heavy atom. The summed E-state index contributed by atoms with van der Waals surface area (Å²) in [6, 6.07) is 16.1. The Labute approximate surface area is 170 Å². The van der Waals surface area contributed by atoms with Crippen LogP contribution in [0.4, 0.5) is 5.69 Å². The quantitative estimate of drug-likeness (QED) is 0.787. The maximum atomic E-state index is 12.7. The van der Waals surface area contributed by atoms with E-state index in [1.54, 1.807) is 29.2 Å². The number of nitrogens with one attached hydrogen (secondary N) is 1. The van der Waals surface area contributed by atoms with Gasteiger partial charge in [0.1, 0.15) is 17.5 Å². The van der Waals surface area contributed by atoms with E-state index in [1.165, 1.54) is 0 Å². The van der Waals surface area contributed by atoms with E-state index in [9.17, 15) is 14.7 Å². The van der Waals surface area contributed by atoms with Crippen molar-refractivity contribution in [2.75, 3.05) is 11.4 Å². The van der Waals surface area contributed by atoms with E-state index < -0.39 is 11.6 Å². The van der Waals surface area contributed by atoms with Crippen LogP contribution < -0.4 is 15.0 Å². The lowest BCUT2D eigenvalue weighted by Crippen LogP contribution is -2.49. The van der Waals surface area contributed by atoms with Gasteiger partial charge in [-0.25, -0.2) is 0 Å². The van der Waals surface area contributed by atoms with Crippen LogP contribution >= 0.6 is 0 Å². The van der Waals surface area contributed by atoms with Crippen LogP contribution in [0.15, 0.2) is 54.6 Å². The van der Waals surface area contributed by atoms with Gasteiger partial charge in [0.15, 0.2) is 0 Å². The lowest BCUT2D eigenvalue weighted by Gasteiger charge is -2.27. The standard InChI is InChI=1S/C23H26N2O4/c26-21-13-12-20(22(27)24-16-23(28)14-4-5-15-23)25(21)17-8-10-19(11-9-17)29-18-6-2-1-3-7-18/h1-3,6-11,20,28H,4-5,12-16H2,(H,24,27). The molecule has 0 bridgehead atoms. The van der Waals surface area contributed by atoms with Crippen molar-refractivity contribution in [2.24, 2.45) is 0 Å². The number of benzene rings is 2. The molecule has 6 nitrogen and oxygen atoms in total. The molecule has 152 valence electrons. The number of amides is 2. The van der Waals surface area contributed by atoms with Gasteiger partial charge in [0, 0.05) is 18.7 Å². The number of para-hydroxylation sites is 1. The molecule has 2 aromatic rings. The minimum Gasteiger partial charge on any atom is -0.457 e. The Morgan fingerprint density at radius 1 is 1.07 bits per heavy atom. The summed E-state index contributed by atoms with van der Waals surface area (Å²) in [6.07, 6.45) is 4.21. The van der Waals surface area contributed by atoms with Gasteiger partial charge in [-0.15, -0.1) is 0 Å². The molecule has 2 aliphatic rings. The third-order valence-electron chi connectivity index (χ3n) is 5.73. The molecule has 2 N–H and O–H groups in total. The summed E-state index contributed by atoms with van der Waals surface area (Å²) < 4.78 is 5.79. The zero-order valence-corrected chi connectivity index (χ0v) is 16.3. The van der Waals surface area contributed by atoms with Gasteiger partial charge in [0.2, 0.25) is 11.8 Å². The van der Waals surface area contributed by atoms with E-state index in [-0.39, 0.29) is 18.4 Å². The first-order chi connectivity index (χ1) is 14.0. The maximum absolute atomic E-state index is 12.7. The molecule has 1 atom stereocenters. The molecule has 1 unspecified atom stereocenters. The van der Waals surface area contributed by atoms with Crippen LogP contribution in [-0.2, 0) is 9.59 Å². The van der Waals surface area contributed by atoms with Crippen LogP contribution in [-0.4, -0.2) is 35.1 Å². The van der Waals surface area contributed by atoms with Crippen molar-refractivity contribution in [1.29, 1.82) is 0 Å². The molecule has 1 saturated heterocycles. The van der Waals surface area contributed by atoms with Crippen LogP contribution in [0.3, 0.4) is 0 Å². The summed E-state index contributed by atoms with van der Waals surface area (Å²) in [6.45, 7) is 0.244. The van der Waals surface area contributed by atoms with E-state index in [2.05, 4.69) is 5.32 Å². The second-order valence-electron chi connectivity index (χ2n) is 7.88. The van der Waals surface area contributed by atoms with Crippen molar-refractivity contribution in [3.8, 4) is 11.5 Å². The van der Waals surface area contributed by atoms with Gasteiger partial charge >= 0.3 is 0 Å². The Morgan fingerprint density at radius 3 is 2.41 bits per heavy atom. The van der Waals surface area contributed by atoms with E-state index in [1.807, 2.05) is 30.3 Å². The number of rotatable bonds is 6. The number of anilines is 1. The minimum absolute atomic E-state index is 0.0681. The molecule has 2 amide bonds. The third-order valence-corrected chi connectivity index (χ3v) is 5.73. The van der Waals surface area contributed by atoms with Gasteiger partial charge in [-0.2, -0.15) is 0 Å². The second-order valence-corrected chi connectivity index (χ2v) is 7.88. The summed E-state index contributed by atoms with van der Waals surface area (Å²) >= 11 is 0. The molecule has 1 saturated carbocycles. The van der Waals surface area contributed by atoms with Crippen LogP contribution in [0, 0.1) is 0 Å². The number of aliphatic hydroxyl groups is 1. The van der Waals surface area contributed by atoms with E-state index in [0.29, 0.717) is 37.1 Å². The predicted octanol–water partition coefficient (Wildman–Crippen LogP) is 3.40. The molecule has 1 heterocycles. The molecule has 0 spiro atoms. The number of carbonyl (C=O) groups excluding carboxylic acids is 2. The summed E-state index contributed by atoms with van der Waals surface area (Å²) in [4.78, 5) is 26.8. The normalized spacial score (nSPS) is 20.7. The summed E-state index contributed by atoms with van der Waals surface area (Å²) in [5.74, 6) is 1.12. The van der Waals surface area contributed by atoms with E-state index in [0.717, 1.165) is 18.6 Å². The molecule has 29 heavy (non-hydrogen) atoms. The highest BCUT2D eigenvalue weighted by Gasteiger charge is 2.38. The summed E-state index contributed by atoms with van der Waals surface area (Å²) in [7, 11) is 0. The molecular weight excluding hydrogens is 368 g/mol. The lowest BCUT2D eigenvalue weighted by molar-refractivity contribution is -0.124. The van der Waals surface area contributed by atoms with Crippen molar-refractivity contribution < 1.29 is 19.4 Å². The van der Waals surface area contributed by atoms with E-state index >= 15 is 0 Å². The first-order valence-corrected chi connectivity index (χ1v) is 10.2. The Hall–Kier alpha value is -2.86. The summed E-state index contributed by atoms with van der Waals surface area (Å²) in [5.41, 5.74) is -0.132. The van der Waals surface area contributed by atoms with Gasteiger partial charge in [-0.05, 0) is 55.7 Å². The zero-order valence-electron chi connectivity index (χ0n) is 16.3. The van der Waals surface area contributed by atoms with Gasteiger partial charge in [0.05, 0.1) is 5.60 Å². The van der Waals surface area contributed by atoms with E-state index in [4.69, 9.17) is 4.74 Å². The van der Waals surface area contributed by atoms with Gasteiger partial charge in [0.25, 0.3) is 0 Å². The topological polar surface area (TPSA) is 78.9 Å². The van der Waals surface area contributed by atoms with Crippen molar-refractivity contribution >= 4 is 17.5 Å². The largest absolute Gasteiger partial charge is 0.457 e. The first kappa shape index (κ1) is 19.5. The maximum Gasteiger partial charge on any atom is 0.243 e. The van der Waals surface area contributed by atoms with Gasteiger partial charge in [-0.1, -0.05) is 31.0 Å². The van der Waals surface area contributed by atoms with Crippen molar-refractivity contribution in [3.63, 3.8) is 0 Å². The number of nitrogens with zero attached hydrogens (tertiary/aromatic N) is 1.